The Morgan fingerprint density at radius 3 is 2.33 bits per heavy atom. The van der Waals surface area contributed by atoms with Crippen molar-refractivity contribution in [2.24, 2.45) is 0 Å². The molecule has 2 heterocycles. The quantitative estimate of drug-likeness (QED) is 0.312. The first-order valence-electron chi connectivity index (χ1n) is 11.3. The van der Waals surface area contributed by atoms with Crippen LogP contribution in [-0.2, 0) is 0 Å². The molecule has 0 saturated carbocycles. The van der Waals surface area contributed by atoms with E-state index in [4.69, 9.17) is 0 Å². The van der Waals surface area contributed by atoms with Crippen molar-refractivity contribution in [1.82, 2.24) is 20.2 Å². The van der Waals surface area contributed by atoms with E-state index in [0.29, 0.717) is 28.6 Å². The molecule has 5 rings (SSSR count). The fourth-order valence-corrected chi connectivity index (χ4v) is 3.74. The van der Waals surface area contributed by atoms with Crippen molar-refractivity contribution in [2.45, 2.75) is 6.92 Å². The topological polar surface area (TPSA) is 113 Å². The Labute approximate surface area is 207 Å². The predicted octanol–water partition coefficient (Wildman–Crippen LogP) is 5.20. The monoisotopic (exact) mass is 474 g/mol. The average molecular weight is 475 g/mol. The second kappa shape index (κ2) is 10.0. The lowest BCUT2D eigenvalue weighted by atomic mass is 10.1. The summed E-state index contributed by atoms with van der Waals surface area (Å²) < 4.78 is 0. The highest BCUT2D eigenvalue weighted by atomic mass is 16.1. The summed E-state index contributed by atoms with van der Waals surface area (Å²) in [6.07, 6.45) is 0. The van der Waals surface area contributed by atoms with E-state index in [1.165, 1.54) is 6.07 Å². The summed E-state index contributed by atoms with van der Waals surface area (Å²) in [7, 11) is 0. The Morgan fingerprint density at radius 1 is 0.750 bits per heavy atom. The van der Waals surface area contributed by atoms with E-state index in [1.807, 2.05) is 67.6 Å². The Balaban J connectivity index is 1.33. The molecule has 0 aliphatic carbocycles. The molecule has 5 aromatic rings. The van der Waals surface area contributed by atoms with Crippen LogP contribution < -0.4 is 16.2 Å². The van der Waals surface area contributed by atoms with Gasteiger partial charge in [0.25, 0.3) is 11.5 Å². The number of aromatic amines is 1. The van der Waals surface area contributed by atoms with E-state index in [0.717, 1.165) is 22.5 Å². The zero-order valence-corrected chi connectivity index (χ0v) is 19.4. The van der Waals surface area contributed by atoms with Gasteiger partial charge in [0.15, 0.2) is 0 Å². The number of rotatable bonds is 6. The Kier molecular flexibility index (Phi) is 6.31. The largest absolute Gasteiger partial charge is 0.340 e. The Morgan fingerprint density at radius 2 is 1.53 bits per heavy atom. The number of hydrogen-bond donors (Lipinski definition) is 3. The van der Waals surface area contributed by atoms with Crippen LogP contribution >= 0.6 is 0 Å². The van der Waals surface area contributed by atoms with Crippen molar-refractivity contribution in [2.75, 3.05) is 10.6 Å². The van der Waals surface area contributed by atoms with Gasteiger partial charge in [-0.1, -0.05) is 48.5 Å². The predicted molar refractivity (Wildman–Crippen MR) is 140 cm³/mol. The highest BCUT2D eigenvalue weighted by Crippen LogP contribution is 2.24. The maximum absolute atomic E-state index is 13.0. The molecular weight excluding hydrogens is 452 g/mol. The number of aryl methyl sites for hydroxylation is 1. The summed E-state index contributed by atoms with van der Waals surface area (Å²) in [4.78, 5) is 33.3. The van der Waals surface area contributed by atoms with Gasteiger partial charge in [0.1, 0.15) is 11.6 Å². The molecule has 2 aromatic heterocycles. The molecule has 0 spiro atoms. The normalized spacial score (nSPS) is 10.6. The molecule has 3 N–H and O–H groups in total. The first-order valence-corrected chi connectivity index (χ1v) is 11.3. The maximum atomic E-state index is 13.0. The highest BCUT2D eigenvalue weighted by molar-refractivity contribution is 6.05. The molecule has 0 saturated heterocycles. The molecule has 0 fully saturated rings. The summed E-state index contributed by atoms with van der Waals surface area (Å²) in [6.45, 7) is 1.85. The number of anilines is 3. The number of hydrogen-bond acceptors (Lipinski definition) is 6. The van der Waals surface area contributed by atoms with Gasteiger partial charge in [0, 0.05) is 40.2 Å². The number of carbonyl (C=O) groups excluding carboxylic acids is 1. The van der Waals surface area contributed by atoms with Gasteiger partial charge in [0.05, 0.1) is 11.4 Å². The van der Waals surface area contributed by atoms with Crippen LogP contribution in [0.3, 0.4) is 0 Å². The van der Waals surface area contributed by atoms with Gasteiger partial charge in [0.2, 0.25) is 0 Å². The van der Waals surface area contributed by atoms with Crippen LogP contribution in [0.25, 0.3) is 22.5 Å². The molecule has 1 amide bonds. The van der Waals surface area contributed by atoms with Gasteiger partial charge in [-0.3, -0.25) is 9.59 Å². The van der Waals surface area contributed by atoms with Crippen molar-refractivity contribution < 1.29 is 4.79 Å². The number of aromatic nitrogens is 4. The SMILES string of the molecule is Cc1nc(Nc2cccc(C(=O)Nc3cccc(-c4ccc(=O)[nH]n4)c3)c2)cc(-c2ccccc2)n1. The number of nitrogens with zero attached hydrogens (tertiary/aromatic N) is 3. The van der Waals surface area contributed by atoms with Crippen molar-refractivity contribution in [3.63, 3.8) is 0 Å². The first kappa shape index (κ1) is 22.7. The van der Waals surface area contributed by atoms with Crippen LogP contribution in [0, 0.1) is 6.92 Å². The third kappa shape index (κ3) is 5.34. The number of benzene rings is 3. The summed E-state index contributed by atoms with van der Waals surface area (Å²) in [5.41, 5.74) is 4.75. The van der Waals surface area contributed by atoms with Gasteiger partial charge >= 0.3 is 0 Å². The van der Waals surface area contributed by atoms with Crippen molar-refractivity contribution in [1.29, 1.82) is 0 Å². The lowest BCUT2D eigenvalue weighted by molar-refractivity contribution is 0.102. The lowest BCUT2D eigenvalue weighted by Gasteiger charge is -2.11. The molecule has 0 radical (unpaired) electrons. The lowest BCUT2D eigenvalue weighted by Crippen LogP contribution is -2.12. The van der Waals surface area contributed by atoms with Crippen LogP contribution in [-0.4, -0.2) is 26.1 Å². The molecule has 36 heavy (non-hydrogen) atoms. The van der Waals surface area contributed by atoms with Gasteiger partial charge in [-0.05, 0) is 43.3 Å². The molecule has 0 bridgehead atoms. The highest BCUT2D eigenvalue weighted by Gasteiger charge is 2.10. The first-order chi connectivity index (χ1) is 17.5. The number of H-pyrrole nitrogens is 1. The van der Waals surface area contributed by atoms with Crippen LogP contribution in [0.5, 0.6) is 0 Å². The molecule has 0 aliphatic rings. The zero-order valence-electron chi connectivity index (χ0n) is 19.4. The number of nitrogens with one attached hydrogen (secondary N) is 3. The molecule has 8 nitrogen and oxygen atoms in total. The minimum Gasteiger partial charge on any atom is -0.340 e. The van der Waals surface area contributed by atoms with Crippen LogP contribution in [0.4, 0.5) is 17.2 Å². The summed E-state index contributed by atoms with van der Waals surface area (Å²) >= 11 is 0. The molecular formula is C28H22N6O2. The van der Waals surface area contributed by atoms with Gasteiger partial charge in [-0.2, -0.15) is 5.10 Å². The minimum atomic E-state index is -0.273. The van der Waals surface area contributed by atoms with E-state index in [-0.39, 0.29) is 11.5 Å². The zero-order chi connectivity index (χ0) is 24.9. The van der Waals surface area contributed by atoms with Gasteiger partial charge < -0.3 is 10.6 Å². The van der Waals surface area contributed by atoms with Crippen LogP contribution in [0.15, 0.2) is 102 Å². The van der Waals surface area contributed by atoms with E-state index in [1.54, 1.807) is 30.3 Å². The third-order valence-corrected chi connectivity index (χ3v) is 5.40. The molecule has 8 heteroatoms. The van der Waals surface area contributed by atoms with Gasteiger partial charge in [-0.15, -0.1) is 0 Å². The van der Waals surface area contributed by atoms with Crippen molar-refractivity contribution in [3.8, 4) is 22.5 Å². The molecule has 0 atom stereocenters. The van der Waals surface area contributed by atoms with E-state index < -0.39 is 0 Å². The van der Waals surface area contributed by atoms with Crippen LogP contribution in [0.1, 0.15) is 16.2 Å². The fourth-order valence-electron chi connectivity index (χ4n) is 3.74. The fraction of sp³-hybridized carbons (Fsp3) is 0.0357. The molecule has 176 valence electrons. The molecule has 0 unspecified atom stereocenters. The minimum absolute atomic E-state index is 0.255. The second-order valence-corrected chi connectivity index (χ2v) is 8.10. The van der Waals surface area contributed by atoms with E-state index >= 15 is 0 Å². The maximum Gasteiger partial charge on any atom is 0.264 e. The standard InChI is InChI=1S/C28H22N6O2/c1-18-29-25(19-7-3-2-4-8-19)17-26(30-18)31-22-11-6-10-21(16-22)28(36)32-23-12-5-9-20(15-23)24-13-14-27(35)34-33-24/h2-17H,1H3,(H,32,36)(H,34,35)(H,29,30,31). The average Bonchev–Trinajstić information content (AvgIpc) is 2.89. The second-order valence-electron chi connectivity index (χ2n) is 8.10. The van der Waals surface area contributed by atoms with Gasteiger partial charge in [-0.25, -0.2) is 15.1 Å². The number of amides is 1. The third-order valence-electron chi connectivity index (χ3n) is 5.40. The van der Waals surface area contributed by atoms with E-state index in [9.17, 15) is 9.59 Å². The van der Waals surface area contributed by atoms with Crippen molar-refractivity contribution in [3.05, 3.63) is 119 Å². The summed E-state index contributed by atoms with van der Waals surface area (Å²) in [5, 5.41) is 12.7. The summed E-state index contributed by atoms with van der Waals surface area (Å²) in [5.74, 6) is 1.03. The Bertz CT molecular complexity index is 1580. The smallest absolute Gasteiger partial charge is 0.264 e. The Hall–Kier alpha value is -5.11. The number of carbonyl (C=O) groups is 1. The van der Waals surface area contributed by atoms with Crippen molar-refractivity contribution >= 4 is 23.1 Å². The molecule has 0 aliphatic heterocycles. The van der Waals surface area contributed by atoms with E-state index in [2.05, 4.69) is 30.8 Å². The molecule has 3 aromatic carbocycles. The summed E-state index contributed by atoms with van der Waals surface area (Å²) in [6, 6.07) is 29.3. The van der Waals surface area contributed by atoms with Crippen LogP contribution in [0.2, 0.25) is 0 Å².